The molecule has 2 aromatic rings. The summed E-state index contributed by atoms with van der Waals surface area (Å²) in [4.78, 5) is 20.5. The molecule has 2 aromatic carbocycles. The molecule has 3 rings (SSSR count). The van der Waals surface area contributed by atoms with Gasteiger partial charge in [0, 0.05) is 45.4 Å². The number of carbonyl (C=O) groups excluding carboxylic acids is 1. The lowest BCUT2D eigenvalue weighted by atomic mass is 10.0. The quantitative estimate of drug-likeness (QED) is 0.292. The SMILES string of the molecule is CN=C(NCc1ccc(C(=O)N(C)C)cc1)NCC(c1ccccc1OC)N1CCCC1.I. The van der Waals surface area contributed by atoms with Crippen LogP contribution in [0.15, 0.2) is 53.5 Å². The van der Waals surface area contributed by atoms with E-state index in [1.54, 1.807) is 33.2 Å². The van der Waals surface area contributed by atoms with E-state index in [1.807, 2.05) is 36.4 Å². The highest BCUT2D eigenvalue weighted by Crippen LogP contribution is 2.31. The molecule has 0 aliphatic carbocycles. The van der Waals surface area contributed by atoms with Crippen molar-refractivity contribution in [2.24, 2.45) is 4.99 Å². The number of methoxy groups -OCH3 is 1. The fraction of sp³-hybridized carbons (Fsp3) is 0.440. The molecule has 1 atom stereocenters. The Labute approximate surface area is 214 Å². The van der Waals surface area contributed by atoms with Gasteiger partial charge in [0.05, 0.1) is 13.2 Å². The molecule has 33 heavy (non-hydrogen) atoms. The fourth-order valence-corrected chi connectivity index (χ4v) is 4.05. The molecule has 8 heteroatoms. The van der Waals surface area contributed by atoms with Gasteiger partial charge < -0.3 is 20.3 Å². The number of carbonyl (C=O) groups is 1. The highest BCUT2D eigenvalue weighted by molar-refractivity contribution is 14.0. The molecule has 1 aliphatic heterocycles. The molecular formula is C25H36IN5O2. The normalized spacial score (nSPS) is 14.8. The third-order valence-corrected chi connectivity index (χ3v) is 5.83. The molecular weight excluding hydrogens is 529 g/mol. The first-order chi connectivity index (χ1) is 15.5. The van der Waals surface area contributed by atoms with Crippen molar-refractivity contribution in [1.29, 1.82) is 0 Å². The molecule has 0 radical (unpaired) electrons. The number of para-hydroxylation sites is 1. The minimum absolute atomic E-state index is 0. The maximum atomic E-state index is 12.1. The van der Waals surface area contributed by atoms with Crippen molar-refractivity contribution in [3.05, 3.63) is 65.2 Å². The van der Waals surface area contributed by atoms with Crippen LogP contribution in [-0.4, -0.2) is 69.6 Å². The van der Waals surface area contributed by atoms with Gasteiger partial charge in [0.2, 0.25) is 0 Å². The van der Waals surface area contributed by atoms with Gasteiger partial charge >= 0.3 is 0 Å². The Bertz CT molecular complexity index is 911. The number of guanidine groups is 1. The third kappa shape index (κ3) is 7.33. The van der Waals surface area contributed by atoms with Crippen LogP contribution in [0.25, 0.3) is 0 Å². The van der Waals surface area contributed by atoms with Crippen LogP contribution in [0.1, 0.15) is 40.4 Å². The minimum Gasteiger partial charge on any atom is -0.496 e. The van der Waals surface area contributed by atoms with Crippen LogP contribution in [0.4, 0.5) is 0 Å². The maximum Gasteiger partial charge on any atom is 0.253 e. The number of likely N-dealkylation sites (tertiary alicyclic amines) is 1. The molecule has 0 spiro atoms. The minimum atomic E-state index is 0. The van der Waals surface area contributed by atoms with E-state index in [-0.39, 0.29) is 35.9 Å². The van der Waals surface area contributed by atoms with Gasteiger partial charge in [-0.25, -0.2) is 0 Å². The number of hydrogen-bond donors (Lipinski definition) is 2. The van der Waals surface area contributed by atoms with Crippen molar-refractivity contribution >= 4 is 35.8 Å². The predicted octanol–water partition coefficient (Wildman–Crippen LogP) is 3.52. The topological polar surface area (TPSA) is 69.2 Å². The summed E-state index contributed by atoms with van der Waals surface area (Å²) in [6.07, 6.45) is 2.45. The van der Waals surface area contributed by atoms with Crippen molar-refractivity contribution in [3.8, 4) is 5.75 Å². The van der Waals surface area contributed by atoms with E-state index < -0.39 is 0 Å². The van der Waals surface area contributed by atoms with Gasteiger partial charge in [-0.3, -0.25) is 14.7 Å². The first kappa shape index (κ1) is 26.9. The van der Waals surface area contributed by atoms with E-state index >= 15 is 0 Å². The summed E-state index contributed by atoms with van der Waals surface area (Å²) < 4.78 is 5.64. The summed E-state index contributed by atoms with van der Waals surface area (Å²) in [6, 6.07) is 16.1. The lowest BCUT2D eigenvalue weighted by Crippen LogP contribution is -2.42. The molecule has 2 N–H and O–H groups in total. The van der Waals surface area contributed by atoms with Crippen LogP contribution in [-0.2, 0) is 6.54 Å². The molecule has 0 bridgehead atoms. The molecule has 1 aliphatic rings. The van der Waals surface area contributed by atoms with E-state index in [0.29, 0.717) is 12.1 Å². The van der Waals surface area contributed by atoms with Gasteiger partial charge in [-0.1, -0.05) is 30.3 Å². The highest BCUT2D eigenvalue weighted by atomic mass is 127. The van der Waals surface area contributed by atoms with Crippen LogP contribution in [0.3, 0.4) is 0 Å². The van der Waals surface area contributed by atoms with Gasteiger partial charge in [0.15, 0.2) is 5.96 Å². The number of rotatable bonds is 8. The zero-order valence-electron chi connectivity index (χ0n) is 20.0. The number of halogens is 1. The zero-order chi connectivity index (χ0) is 22.9. The molecule has 1 amide bonds. The van der Waals surface area contributed by atoms with Gasteiger partial charge in [-0.15, -0.1) is 24.0 Å². The second-order valence-electron chi connectivity index (χ2n) is 8.20. The standard InChI is InChI=1S/C25H35N5O2.HI/c1-26-25(27-17-19-11-13-20(14-12-19)24(31)29(2)3)28-18-22(30-15-7-8-16-30)21-9-5-6-10-23(21)32-4;/h5-6,9-14,22H,7-8,15-18H2,1-4H3,(H2,26,27,28);1H. The zero-order valence-corrected chi connectivity index (χ0v) is 22.3. The lowest BCUT2D eigenvalue weighted by Gasteiger charge is -2.30. The van der Waals surface area contributed by atoms with Crippen molar-refractivity contribution in [3.63, 3.8) is 0 Å². The number of ether oxygens (including phenoxy) is 1. The largest absolute Gasteiger partial charge is 0.496 e. The van der Waals surface area contributed by atoms with Gasteiger partial charge in [0.25, 0.3) is 5.91 Å². The fourth-order valence-electron chi connectivity index (χ4n) is 4.05. The average molecular weight is 566 g/mol. The summed E-state index contributed by atoms with van der Waals surface area (Å²) in [7, 11) is 7.02. The summed E-state index contributed by atoms with van der Waals surface area (Å²) >= 11 is 0. The molecule has 180 valence electrons. The van der Waals surface area contributed by atoms with Crippen molar-refractivity contribution in [2.45, 2.75) is 25.4 Å². The van der Waals surface area contributed by atoms with E-state index in [4.69, 9.17) is 4.74 Å². The van der Waals surface area contributed by atoms with Crippen LogP contribution in [0.2, 0.25) is 0 Å². The Morgan fingerprint density at radius 3 is 2.36 bits per heavy atom. The molecule has 7 nitrogen and oxygen atoms in total. The van der Waals surface area contributed by atoms with Crippen LogP contribution in [0.5, 0.6) is 5.75 Å². The first-order valence-corrected chi connectivity index (χ1v) is 11.2. The van der Waals surface area contributed by atoms with Crippen LogP contribution < -0.4 is 15.4 Å². The first-order valence-electron chi connectivity index (χ1n) is 11.2. The Morgan fingerprint density at radius 2 is 1.76 bits per heavy atom. The maximum absolute atomic E-state index is 12.1. The van der Waals surface area contributed by atoms with E-state index in [0.717, 1.165) is 36.9 Å². The third-order valence-electron chi connectivity index (χ3n) is 5.83. The second-order valence-corrected chi connectivity index (χ2v) is 8.20. The van der Waals surface area contributed by atoms with E-state index in [2.05, 4.69) is 32.7 Å². The molecule has 1 saturated heterocycles. The van der Waals surface area contributed by atoms with Gasteiger partial charge in [-0.2, -0.15) is 0 Å². The van der Waals surface area contributed by atoms with Crippen LogP contribution >= 0.6 is 24.0 Å². The van der Waals surface area contributed by atoms with E-state index in [9.17, 15) is 4.79 Å². The number of hydrogen-bond acceptors (Lipinski definition) is 4. The number of nitrogens with zero attached hydrogens (tertiary/aromatic N) is 3. The van der Waals surface area contributed by atoms with Crippen molar-refractivity contribution < 1.29 is 9.53 Å². The number of nitrogens with one attached hydrogen (secondary N) is 2. The van der Waals surface area contributed by atoms with Crippen LogP contribution in [0, 0.1) is 0 Å². The van der Waals surface area contributed by atoms with Crippen molar-refractivity contribution in [2.75, 3.05) is 47.9 Å². The van der Waals surface area contributed by atoms with Gasteiger partial charge in [0.1, 0.15) is 5.75 Å². The summed E-state index contributed by atoms with van der Waals surface area (Å²) in [5.74, 6) is 1.67. The summed E-state index contributed by atoms with van der Waals surface area (Å²) in [5, 5.41) is 6.87. The molecule has 1 unspecified atom stereocenters. The monoisotopic (exact) mass is 565 g/mol. The Kier molecular flexibility index (Phi) is 10.9. The van der Waals surface area contributed by atoms with E-state index in [1.165, 1.54) is 18.4 Å². The Hall–Kier alpha value is -2.33. The molecule has 0 aromatic heterocycles. The number of amides is 1. The Morgan fingerprint density at radius 1 is 1.09 bits per heavy atom. The predicted molar refractivity (Wildman–Crippen MR) is 145 cm³/mol. The highest BCUT2D eigenvalue weighted by Gasteiger charge is 2.26. The molecule has 1 fully saturated rings. The number of benzene rings is 2. The lowest BCUT2D eigenvalue weighted by molar-refractivity contribution is 0.0827. The number of aliphatic imine (C=N–C) groups is 1. The van der Waals surface area contributed by atoms with Gasteiger partial charge in [-0.05, 0) is 49.7 Å². The van der Waals surface area contributed by atoms with Crippen molar-refractivity contribution in [1.82, 2.24) is 20.4 Å². The smallest absolute Gasteiger partial charge is 0.253 e. The summed E-state index contributed by atoms with van der Waals surface area (Å²) in [5.41, 5.74) is 2.97. The average Bonchev–Trinajstić information content (AvgIpc) is 3.36. The summed E-state index contributed by atoms with van der Waals surface area (Å²) in [6.45, 7) is 3.54. The Balaban J connectivity index is 0.00000385. The second kappa shape index (κ2) is 13.4. The molecule has 0 saturated carbocycles. The molecule has 1 heterocycles.